The lowest BCUT2D eigenvalue weighted by molar-refractivity contribution is -0.538. The number of fused-ring (bicyclic) bond motifs is 1. The van der Waals surface area contributed by atoms with Crippen molar-refractivity contribution < 1.29 is 5.03 Å². The van der Waals surface area contributed by atoms with E-state index in [2.05, 4.69) is 0 Å². The van der Waals surface area contributed by atoms with Gasteiger partial charge in [-0.15, -0.1) is 0 Å². The fourth-order valence-corrected chi connectivity index (χ4v) is 1.48. The van der Waals surface area contributed by atoms with E-state index in [-0.39, 0.29) is 16.5 Å². The van der Waals surface area contributed by atoms with Gasteiger partial charge in [-0.1, -0.05) is 16.8 Å². The number of pyridine rings is 1. The predicted molar refractivity (Wildman–Crippen MR) is 55.3 cm³/mol. The van der Waals surface area contributed by atoms with E-state index in [0.717, 1.165) is 6.20 Å². The third-order valence-corrected chi connectivity index (χ3v) is 2.19. The average Bonchev–Trinajstić information content (AvgIpc) is 2.29. The van der Waals surface area contributed by atoms with Crippen LogP contribution in [0.3, 0.4) is 0 Å². The monoisotopic (exact) mass is 215 g/mol. The molecule has 0 unspecified atom stereocenters. The minimum Gasteiger partial charge on any atom is -0.288 e. The van der Waals surface area contributed by atoms with Gasteiger partial charge in [0.15, 0.2) is 5.03 Å². The molecule has 0 spiro atoms. The van der Waals surface area contributed by atoms with Gasteiger partial charge in [0.2, 0.25) is 5.43 Å². The van der Waals surface area contributed by atoms with Crippen LogP contribution in [0.2, 0.25) is 0 Å². The first-order valence-corrected chi connectivity index (χ1v) is 4.34. The molecular formula is C10H5N3O3. The lowest BCUT2D eigenvalue weighted by atomic mass is 10.1. The lowest BCUT2D eigenvalue weighted by Gasteiger charge is -2.01. The summed E-state index contributed by atoms with van der Waals surface area (Å²) in [6, 6.07) is 7.74. The highest BCUT2D eigenvalue weighted by Gasteiger charge is 2.13. The molecule has 1 heterocycles. The Morgan fingerprint density at radius 2 is 2.06 bits per heavy atom. The van der Waals surface area contributed by atoms with E-state index in [1.165, 1.54) is 12.1 Å². The van der Waals surface area contributed by atoms with E-state index in [0.29, 0.717) is 4.68 Å². The van der Waals surface area contributed by atoms with Crippen LogP contribution >= 0.6 is 0 Å². The molecule has 0 bridgehead atoms. The molecule has 0 radical (unpaired) electrons. The maximum absolute atomic E-state index is 11.7. The molecule has 2 rings (SSSR count). The van der Waals surface area contributed by atoms with Crippen LogP contribution in [-0.4, -0.2) is 9.71 Å². The Balaban J connectivity index is 3.03. The number of hydrogen-bond acceptors (Lipinski definition) is 4. The van der Waals surface area contributed by atoms with Gasteiger partial charge >= 0.3 is 0 Å². The first-order chi connectivity index (χ1) is 7.65. The molecule has 0 atom stereocenters. The molecule has 0 aliphatic heterocycles. The zero-order valence-corrected chi connectivity index (χ0v) is 7.95. The Morgan fingerprint density at radius 3 is 2.69 bits per heavy atom. The molecular weight excluding hydrogens is 210 g/mol. The average molecular weight is 215 g/mol. The third-order valence-electron chi connectivity index (χ3n) is 2.19. The fourth-order valence-electron chi connectivity index (χ4n) is 1.48. The molecule has 0 saturated carbocycles. The van der Waals surface area contributed by atoms with Crippen LogP contribution in [-0.2, 0) is 0 Å². The highest BCUT2D eigenvalue weighted by atomic mass is 16.7. The molecule has 0 amide bonds. The Labute approximate surface area is 89.1 Å². The van der Waals surface area contributed by atoms with E-state index in [4.69, 9.17) is 5.26 Å². The van der Waals surface area contributed by atoms with Crippen molar-refractivity contribution in [3.63, 3.8) is 0 Å². The molecule has 6 heteroatoms. The number of nitrogens with zero attached hydrogens (tertiary/aromatic N) is 3. The van der Waals surface area contributed by atoms with E-state index >= 15 is 0 Å². The standard InChI is InChI=1S/C10H5N3O3/c11-5-7-6-12(13(15)16)9-4-2-1-3-8(9)10(7)14/h1-4,6H. The van der Waals surface area contributed by atoms with Gasteiger partial charge in [-0.05, 0) is 12.1 Å². The Morgan fingerprint density at radius 1 is 1.38 bits per heavy atom. The highest BCUT2D eigenvalue weighted by molar-refractivity contribution is 5.79. The van der Waals surface area contributed by atoms with Crippen LogP contribution < -0.4 is 5.43 Å². The number of nitriles is 1. The summed E-state index contributed by atoms with van der Waals surface area (Å²) >= 11 is 0. The van der Waals surface area contributed by atoms with Gasteiger partial charge in [0.25, 0.3) is 0 Å². The third kappa shape index (κ3) is 1.31. The minimum absolute atomic E-state index is 0.165. The fraction of sp³-hybridized carbons (Fsp3) is 0. The van der Waals surface area contributed by atoms with Gasteiger partial charge in [-0.3, -0.25) is 4.79 Å². The van der Waals surface area contributed by atoms with Crippen molar-refractivity contribution in [3.8, 4) is 6.07 Å². The Hall–Kier alpha value is -2.68. The first-order valence-electron chi connectivity index (χ1n) is 4.34. The van der Waals surface area contributed by atoms with E-state index in [1.807, 2.05) is 0 Å². The maximum Gasteiger partial charge on any atom is 0.207 e. The van der Waals surface area contributed by atoms with Crippen LogP contribution in [0.15, 0.2) is 35.3 Å². The van der Waals surface area contributed by atoms with Crippen LogP contribution in [0, 0.1) is 21.4 Å². The quantitative estimate of drug-likeness (QED) is 0.522. The van der Waals surface area contributed by atoms with Crippen molar-refractivity contribution in [1.29, 1.82) is 5.26 Å². The van der Waals surface area contributed by atoms with Crippen molar-refractivity contribution in [1.82, 2.24) is 4.68 Å². The van der Waals surface area contributed by atoms with Gasteiger partial charge < -0.3 is 0 Å². The molecule has 1 aromatic carbocycles. The number of aromatic nitrogens is 1. The second kappa shape index (κ2) is 3.47. The minimum atomic E-state index is -0.678. The predicted octanol–water partition coefficient (Wildman–Crippen LogP) is 0.913. The molecule has 0 N–H and O–H groups in total. The normalized spacial score (nSPS) is 9.94. The van der Waals surface area contributed by atoms with Crippen molar-refractivity contribution in [3.05, 3.63) is 56.4 Å². The number of para-hydroxylation sites is 1. The number of hydrogen-bond donors (Lipinski definition) is 0. The maximum atomic E-state index is 11.7. The lowest BCUT2D eigenvalue weighted by Crippen LogP contribution is -2.17. The zero-order chi connectivity index (χ0) is 11.7. The molecule has 6 nitrogen and oxygen atoms in total. The molecule has 0 fully saturated rings. The van der Waals surface area contributed by atoms with E-state index in [9.17, 15) is 14.9 Å². The van der Waals surface area contributed by atoms with Crippen molar-refractivity contribution >= 4 is 10.9 Å². The van der Waals surface area contributed by atoms with Crippen molar-refractivity contribution in [2.45, 2.75) is 0 Å². The number of benzene rings is 1. The van der Waals surface area contributed by atoms with Crippen LogP contribution in [0.4, 0.5) is 0 Å². The molecule has 1 aromatic heterocycles. The highest BCUT2D eigenvalue weighted by Crippen LogP contribution is 2.10. The molecule has 0 aliphatic rings. The first kappa shape index (κ1) is 9.86. The molecule has 2 aromatic rings. The summed E-state index contributed by atoms with van der Waals surface area (Å²) in [5.74, 6) is 0. The van der Waals surface area contributed by atoms with Crippen LogP contribution in [0.1, 0.15) is 5.56 Å². The molecule has 16 heavy (non-hydrogen) atoms. The SMILES string of the molecule is N#Cc1cn([N+](=O)[O-])c2ccccc2c1=O. The topological polar surface area (TPSA) is 88.9 Å². The van der Waals surface area contributed by atoms with Gasteiger partial charge in [0, 0.05) is 0 Å². The summed E-state index contributed by atoms with van der Waals surface area (Å²) in [7, 11) is 0. The summed E-state index contributed by atoms with van der Waals surface area (Å²) in [6.45, 7) is 0. The molecule has 78 valence electrons. The number of rotatable bonds is 1. The van der Waals surface area contributed by atoms with Gasteiger partial charge in [-0.25, -0.2) is 10.1 Å². The van der Waals surface area contributed by atoms with Crippen LogP contribution in [0.25, 0.3) is 10.9 Å². The Bertz CT molecular complexity index is 682. The zero-order valence-electron chi connectivity index (χ0n) is 7.95. The van der Waals surface area contributed by atoms with E-state index < -0.39 is 10.5 Å². The smallest absolute Gasteiger partial charge is 0.207 e. The molecule has 0 saturated heterocycles. The van der Waals surface area contributed by atoms with Crippen molar-refractivity contribution in [2.75, 3.05) is 0 Å². The second-order valence-electron chi connectivity index (χ2n) is 3.08. The van der Waals surface area contributed by atoms with Gasteiger partial charge in [0.1, 0.15) is 17.1 Å². The van der Waals surface area contributed by atoms with Crippen LogP contribution in [0.5, 0.6) is 0 Å². The summed E-state index contributed by atoms with van der Waals surface area (Å²) < 4.78 is 0.676. The largest absolute Gasteiger partial charge is 0.288 e. The summed E-state index contributed by atoms with van der Waals surface area (Å²) in [6.07, 6.45) is 0.935. The second-order valence-corrected chi connectivity index (χ2v) is 3.08. The summed E-state index contributed by atoms with van der Waals surface area (Å²) in [5.41, 5.74) is -0.553. The van der Waals surface area contributed by atoms with E-state index in [1.54, 1.807) is 18.2 Å². The Kier molecular flexibility index (Phi) is 2.14. The molecule has 0 aliphatic carbocycles. The number of nitro groups is 1. The summed E-state index contributed by atoms with van der Waals surface area (Å²) in [5, 5.41) is 18.9. The van der Waals surface area contributed by atoms with Gasteiger partial charge in [-0.2, -0.15) is 5.26 Å². The summed E-state index contributed by atoms with van der Waals surface area (Å²) in [4.78, 5) is 22.4. The van der Waals surface area contributed by atoms with Gasteiger partial charge in [0.05, 0.1) is 11.6 Å². The van der Waals surface area contributed by atoms with Crippen molar-refractivity contribution in [2.24, 2.45) is 0 Å².